The number of alkyl halides is 3. The predicted molar refractivity (Wildman–Crippen MR) is 235 cm³/mol. The van der Waals surface area contributed by atoms with Crippen molar-refractivity contribution >= 4 is 79.3 Å². The average molecular weight is 918 g/mol. The molecule has 17 heteroatoms. The lowest BCUT2D eigenvalue weighted by atomic mass is 9.51. The van der Waals surface area contributed by atoms with Crippen molar-refractivity contribution in [2.45, 2.75) is 39.0 Å². The summed E-state index contributed by atoms with van der Waals surface area (Å²) in [6, 6.07) is 24.2. The summed E-state index contributed by atoms with van der Waals surface area (Å²) in [5.41, 5.74) is 2.28. The maximum atomic E-state index is 15.3. The second-order valence-corrected chi connectivity index (χ2v) is 18.7. The Labute approximate surface area is 376 Å². The van der Waals surface area contributed by atoms with Gasteiger partial charge in [0, 0.05) is 39.9 Å². The summed E-state index contributed by atoms with van der Waals surface area (Å²) in [6.45, 7) is 3.51. The molecule has 4 aliphatic rings. The van der Waals surface area contributed by atoms with E-state index >= 15 is 9.59 Å². The standard InChI is InChI=1S/C48H35ClF3N5O7S/c1-22-29-18-24(49)10-17-37(29)65-41(22)34-21-38(55(3)54-34)57-44(60)32-20-30-27(40(47(32,2)46(57)62)31-19-26(13-16-35(31)58)64-48(50,51)52)14-15-28-39(30)45(61)56(43(28)59)25-11-8-23(9-12-25)42-53-33-6-4-5-7-36(33)63-42/h4-14,16-19,21,28,30,32,39-40,58H,15,20H2,1-3H3. The summed E-state index contributed by atoms with van der Waals surface area (Å²) >= 11 is 7.79. The zero-order valence-electron chi connectivity index (χ0n) is 34.6. The van der Waals surface area contributed by atoms with Gasteiger partial charge in [-0.3, -0.25) is 28.8 Å². The van der Waals surface area contributed by atoms with Crippen LogP contribution in [0, 0.1) is 36.0 Å². The Morgan fingerprint density at radius 2 is 1.69 bits per heavy atom. The number of imide groups is 2. The van der Waals surface area contributed by atoms with E-state index in [1.54, 1.807) is 62.5 Å². The van der Waals surface area contributed by atoms with Crippen molar-refractivity contribution < 1.29 is 46.6 Å². The van der Waals surface area contributed by atoms with Crippen molar-refractivity contribution in [3.8, 4) is 33.5 Å². The number of phenolic OH excluding ortho intramolecular Hbond substituents is 1. The number of carbonyl (C=O) groups excluding carboxylic acids is 4. The predicted octanol–water partition coefficient (Wildman–Crippen LogP) is 10.1. The first-order valence-corrected chi connectivity index (χ1v) is 21.9. The number of rotatable bonds is 6. The van der Waals surface area contributed by atoms with E-state index in [2.05, 4.69) is 9.72 Å². The fourth-order valence-electron chi connectivity index (χ4n) is 10.8. The van der Waals surface area contributed by atoms with Crippen molar-refractivity contribution in [3.63, 3.8) is 0 Å². The third-order valence-electron chi connectivity index (χ3n) is 13.7. The quantitative estimate of drug-likeness (QED) is 0.127. The Morgan fingerprint density at radius 3 is 2.45 bits per heavy atom. The SMILES string of the molecule is Cc1c(-c2cc(N3C(=O)C4CC5C(=CCC6C(=O)N(c7ccc(-c8nc9ccccc9o8)cc7)C(=O)C65)C(c5cc(OC(F)(F)F)ccc5O)C4(C)C3=O)n(C)n2)sc2ccc(Cl)cc12. The van der Waals surface area contributed by atoms with Gasteiger partial charge in [0.15, 0.2) is 5.58 Å². The number of phenols is 1. The van der Waals surface area contributed by atoms with E-state index in [4.69, 9.17) is 21.1 Å². The Bertz CT molecular complexity index is 3220. The smallest absolute Gasteiger partial charge is 0.508 e. The van der Waals surface area contributed by atoms with Gasteiger partial charge in [0.25, 0.3) is 0 Å². The normalized spacial score (nSPS) is 24.2. The monoisotopic (exact) mass is 917 g/mol. The number of hydrogen-bond donors (Lipinski definition) is 1. The summed E-state index contributed by atoms with van der Waals surface area (Å²) in [5, 5.41) is 17.7. The molecule has 5 heterocycles. The molecule has 3 fully saturated rings. The van der Waals surface area contributed by atoms with E-state index < -0.39 is 76.5 Å². The zero-order chi connectivity index (χ0) is 45.4. The van der Waals surface area contributed by atoms with Crippen LogP contribution in [0.3, 0.4) is 0 Å². The molecule has 328 valence electrons. The van der Waals surface area contributed by atoms with Crippen LogP contribution in [0.15, 0.2) is 107 Å². The van der Waals surface area contributed by atoms with E-state index in [9.17, 15) is 27.9 Å². The highest BCUT2D eigenvalue weighted by atomic mass is 35.5. The number of fused-ring (bicyclic) bond motifs is 6. The summed E-state index contributed by atoms with van der Waals surface area (Å²) in [7, 11) is 1.61. The molecule has 0 spiro atoms. The fourth-order valence-corrected chi connectivity index (χ4v) is 12.1. The number of aromatic hydroxyl groups is 1. The molecule has 12 nitrogen and oxygen atoms in total. The van der Waals surface area contributed by atoms with Gasteiger partial charge in [-0.05, 0) is 116 Å². The zero-order valence-corrected chi connectivity index (χ0v) is 36.2. The number of amides is 4. The molecule has 1 saturated carbocycles. The number of ether oxygens (including phenoxy) is 1. The molecule has 11 rings (SSSR count). The van der Waals surface area contributed by atoms with Crippen LogP contribution in [0.1, 0.15) is 36.8 Å². The molecule has 1 N–H and O–H groups in total. The van der Waals surface area contributed by atoms with Crippen LogP contribution in [-0.4, -0.2) is 49.9 Å². The highest BCUT2D eigenvalue weighted by molar-refractivity contribution is 7.22. The largest absolute Gasteiger partial charge is 0.573 e. The molecule has 6 atom stereocenters. The van der Waals surface area contributed by atoms with Crippen LogP contribution in [0.2, 0.25) is 5.02 Å². The fraction of sp³-hybridized carbons (Fsp3) is 0.250. The molecular weight excluding hydrogens is 883 g/mol. The Kier molecular flexibility index (Phi) is 9.05. The summed E-state index contributed by atoms with van der Waals surface area (Å²) in [4.78, 5) is 66.9. The number of thiophene rings is 1. The number of para-hydroxylation sites is 2. The van der Waals surface area contributed by atoms with Gasteiger partial charge in [0.1, 0.15) is 28.5 Å². The second kappa shape index (κ2) is 14.4. The summed E-state index contributed by atoms with van der Waals surface area (Å²) in [6.07, 6.45) is -3.31. The van der Waals surface area contributed by atoms with Crippen molar-refractivity contribution in [3.05, 3.63) is 119 Å². The lowest BCUT2D eigenvalue weighted by Gasteiger charge is -2.49. The van der Waals surface area contributed by atoms with Crippen LogP contribution in [-0.2, 0) is 26.2 Å². The Balaban J connectivity index is 0.988. The van der Waals surface area contributed by atoms with Crippen molar-refractivity contribution in [1.29, 1.82) is 0 Å². The topological polar surface area (TPSA) is 148 Å². The number of benzene rings is 4. The third-order valence-corrected chi connectivity index (χ3v) is 15.2. The number of hydrogen-bond acceptors (Lipinski definition) is 10. The first-order chi connectivity index (χ1) is 31.0. The molecule has 0 bridgehead atoms. The number of aryl methyl sites for hydroxylation is 2. The lowest BCUT2D eigenvalue weighted by Crippen LogP contribution is -2.49. The Morgan fingerprint density at radius 1 is 0.923 bits per heavy atom. The van der Waals surface area contributed by atoms with Gasteiger partial charge < -0.3 is 14.3 Å². The molecule has 2 aliphatic carbocycles. The minimum Gasteiger partial charge on any atom is -0.508 e. The van der Waals surface area contributed by atoms with Crippen LogP contribution in [0.4, 0.5) is 24.7 Å². The molecule has 3 aromatic heterocycles. The number of allylic oxidation sites excluding steroid dienone is 2. The van der Waals surface area contributed by atoms with Gasteiger partial charge in [-0.25, -0.2) is 9.88 Å². The highest BCUT2D eigenvalue weighted by Gasteiger charge is 2.68. The number of aromatic nitrogens is 3. The van der Waals surface area contributed by atoms with Gasteiger partial charge in [-0.15, -0.1) is 24.5 Å². The van der Waals surface area contributed by atoms with Crippen molar-refractivity contribution in [2.75, 3.05) is 9.80 Å². The minimum atomic E-state index is -5.08. The third kappa shape index (κ3) is 6.17. The number of halogens is 4. The van der Waals surface area contributed by atoms with Gasteiger partial charge in [0.05, 0.1) is 33.7 Å². The second-order valence-electron chi connectivity index (χ2n) is 17.2. The maximum absolute atomic E-state index is 15.3. The number of anilines is 2. The average Bonchev–Trinajstić information content (AvgIpc) is 4.05. The minimum absolute atomic E-state index is 0.0367. The number of carbonyl (C=O) groups is 4. The molecule has 7 aromatic rings. The van der Waals surface area contributed by atoms with Crippen LogP contribution in [0.25, 0.3) is 43.2 Å². The van der Waals surface area contributed by atoms with Gasteiger partial charge in [0.2, 0.25) is 29.5 Å². The molecule has 0 radical (unpaired) electrons. The van der Waals surface area contributed by atoms with Gasteiger partial charge >= 0.3 is 6.36 Å². The van der Waals surface area contributed by atoms with Crippen LogP contribution in [0.5, 0.6) is 11.5 Å². The first kappa shape index (κ1) is 41.0. The van der Waals surface area contributed by atoms with E-state index in [0.29, 0.717) is 44.5 Å². The number of nitrogens with zero attached hydrogens (tertiary/aromatic N) is 5. The van der Waals surface area contributed by atoms with Crippen molar-refractivity contribution in [2.24, 2.45) is 36.1 Å². The van der Waals surface area contributed by atoms with Crippen LogP contribution >= 0.6 is 22.9 Å². The van der Waals surface area contributed by atoms with E-state index in [1.165, 1.54) is 16.0 Å². The molecule has 4 amide bonds. The molecule has 2 aliphatic heterocycles. The molecule has 4 aromatic carbocycles. The lowest BCUT2D eigenvalue weighted by molar-refractivity contribution is -0.274. The van der Waals surface area contributed by atoms with E-state index in [-0.39, 0.29) is 24.2 Å². The maximum Gasteiger partial charge on any atom is 0.573 e. The Hall–Kier alpha value is -6.78. The summed E-state index contributed by atoms with van der Waals surface area (Å²) in [5.74, 6) is -7.83. The summed E-state index contributed by atoms with van der Waals surface area (Å²) < 4.78 is 53.6. The van der Waals surface area contributed by atoms with Gasteiger partial charge in [-0.2, -0.15) is 5.10 Å². The molecule has 2 saturated heterocycles. The molecule has 65 heavy (non-hydrogen) atoms. The van der Waals surface area contributed by atoms with Crippen LogP contribution < -0.4 is 14.5 Å². The van der Waals surface area contributed by atoms with E-state index in [0.717, 1.165) is 48.5 Å². The van der Waals surface area contributed by atoms with Gasteiger partial charge in [-0.1, -0.05) is 35.4 Å². The first-order valence-electron chi connectivity index (χ1n) is 20.8. The highest BCUT2D eigenvalue weighted by Crippen LogP contribution is 2.65. The molecular formula is C48H35ClF3N5O7S. The number of oxazole rings is 1. The molecule has 6 unspecified atom stereocenters. The van der Waals surface area contributed by atoms with Crippen molar-refractivity contribution in [1.82, 2.24) is 14.8 Å². The van der Waals surface area contributed by atoms with E-state index in [1.807, 2.05) is 37.3 Å².